The molecule has 0 radical (unpaired) electrons. The van der Waals surface area contributed by atoms with Crippen molar-refractivity contribution < 1.29 is 0 Å². The SMILES string of the molecule is C#CCCCC(NN)c1cccc(C)c1. The molecular weight excluding hydrogens is 184 g/mol. The Morgan fingerprint density at radius 3 is 2.93 bits per heavy atom. The minimum atomic E-state index is 0.207. The Bertz CT molecular complexity index is 339. The molecule has 3 N–H and O–H groups in total. The van der Waals surface area contributed by atoms with E-state index in [1.54, 1.807) is 0 Å². The first kappa shape index (κ1) is 11.8. The van der Waals surface area contributed by atoms with E-state index in [1.165, 1.54) is 11.1 Å². The number of hydrogen-bond acceptors (Lipinski definition) is 2. The van der Waals surface area contributed by atoms with Crippen molar-refractivity contribution in [3.8, 4) is 12.3 Å². The van der Waals surface area contributed by atoms with Gasteiger partial charge in [-0.05, 0) is 25.3 Å². The van der Waals surface area contributed by atoms with Gasteiger partial charge in [0.2, 0.25) is 0 Å². The summed E-state index contributed by atoms with van der Waals surface area (Å²) in [7, 11) is 0. The minimum Gasteiger partial charge on any atom is -0.271 e. The third-order valence-corrected chi connectivity index (χ3v) is 2.46. The highest BCUT2D eigenvalue weighted by molar-refractivity contribution is 5.24. The molecule has 0 aliphatic rings. The third-order valence-electron chi connectivity index (χ3n) is 2.46. The van der Waals surface area contributed by atoms with Crippen LogP contribution in [0.25, 0.3) is 0 Å². The van der Waals surface area contributed by atoms with Crippen LogP contribution in [0.2, 0.25) is 0 Å². The van der Waals surface area contributed by atoms with E-state index in [4.69, 9.17) is 12.3 Å². The lowest BCUT2D eigenvalue weighted by molar-refractivity contribution is 0.502. The molecule has 1 unspecified atom stereocenters. The lowest BCUT2D eigenvalue weighted by atomic mass is 10.00. The summed E-state index contributed by atoms with van der Waals surface area (Å²) in [6, 6.07) is 8.58. The van der Waals surface area contributed by atoms with Gasteiger partial charge >= 0.3 is 0 Å². The van der Waals surface area contributed by atoms with E-state index in [-0.39, 0.29) is 6.04 Å². The standard InChI is InChI=1S/C13H18N2/c1-3-4-5-9-13(15-14)12-8-6-7-11(2)10-12/h1,6-8,10,13,15H,4-5,9,14H2,2H3. The zero-order valence-corrected chi connectivity index (χ0v) is 9.16. The van der Waals surface area contributed by atoms with E-state index in [1.807, 2.05) is 0 Å². The molecule has 1 rings (SSSR count). The highest BCUT2D eigenvalue weighted by Crippen LogP contribution is 2.19. The molecule has 0 fully saturated rings. The molecule has 15 heavy (non-hydrogen) atoms. The topological polar surface area (TPSA) is 38.0 Å². The van der Waals surface area contributed by atoms with E-state index < -0.39 is 0 Å². The lowest BCUT2D eigenvalue weighted by Crippen LogP contribution is -2.28. The molecule has 1 aromatic carbocycles. The summed E-state index contributed by atoms with van der Waals surface area (Å²) in [4.78, 5) is 0. The second-order valence-corrected chi connectivity index (χ2v) is 3.73. The fraction of sp³-hybridized carbons (Fsp3) is 0.385. The molecule has 0 aliphatic heterocycles. The zero-order chi connectivity index (χ0) is 11.1. The molecular formula is C13H18N2. The van der Waals surface area contributed by atoms with Gasteiger partial charge in [-0.1, -0.05) is 29.8 Å². The van der Waals surface area contributed by atoms with Gasteiger partial charge in [-0.2, -0.15) is 0 Å². The Morgan fingerprint density at radius 2 is 2.33 bits per heavy atom. The second kappa shape index (κ2) is 6.23. The quantitative estimate of drug-likeness (QED) is 0.333. The van der Waals surface area contributed by atoms with Gasteiger partial charge in [-0.25, -0.2) is 0 Å². The number of unbranched alkanes of at least 4 members (excludes halogenated alkanes) is 1. The Kier molecular flexibility index (Phi) is 4.89. The van der Waals surface area contributed by atoms with Crippen LogP contribution in [0.1, 0.15) is 36.4 Å². The van der Waals surface area contributed by atoms with Crippen LogP contribution in [0.3, 0.4) is 0 Å². The van der Waals surface area contributed by atoms with Crippen LogP contribution in [0, 0.1) is 19.3 Å². The van der Waals surface area contributed by atoms with Crippen LogP contribution in [0.4, 0.5) is 0 Å². The first-order chi connectivity index (χ1) is 7.27. The van der Waals surface area contributed by atoms with Gasteiger partial charge in [0.05, 0.1) is 0 Å². The van der Waals surface area contributed by atoms with Crippen molar-refractivity contribution >= 4 is 0 Å². The lowest BCUT2D eigenvalue weighted by Gasteiger charge is -2.16. The van der Waals surface area contributed by atoms with Crippen molar-refractivity contribution in [2.75, 3.05) is 0 Å². The number of terminal acetylenes is 1. The van der Waals surface area contributed by atoms with Crippen molar-refractivity contribution in [2.45, 2.75) is 32.2 Å². The van der Waals surface area contributed by atoms with E-state index in [2.05, 4.69) is 42.5 Å². The van der Waals surface area contributed by atoms with Gasteiger partial charge in [0.25, 0.3) is 0 Å². The summed E-state index contributed by atoms with van der Waals surface area (Å²) in [5.74, 6) is 8.18. The predicted octanol–water partition coefficient (Wildman–Crippen LogP) is 2.30. The van der Waals surface area contributed by atoms with Crippen molar-refractivity contribution in [1.82, 2.24) is 5.43 Å². The van der Waals surface area contributed by atoms with Crippen LogP contribution in [-0.2, 0) is 0 Å². The fourth-order valence-corrected chi connectivity index (χ4v) is 1.64. The summed E-state index contributed by atoms with van der Waals surface area (Å²) in [6.45, 7) is 2.08. The largest absolute Gasteiger partial charge is 0.271 e. The van der Waals surface area contributed by atoms with E-state index >= 15 is 0 Å². The molecule has 0 spiro atoms. The summed E-state index contributed by atoms with van der Waals surface area (Å²) < 4.78 is 0. The smallest absolute Gasteiger partial charge is 0.0460 e. The van der Waals surface area contributed by atoms with Crippen molar-refractivity contribution in [3.63, 3.8) is 0 Å². The zero-order valence-electron chi connectivity index (χ0n) is 9.16. The van der Waals surface area contributed by atoms with Crippen LogP contribution in [0.5, 0.6) is 0 Å². The van der Waals surface area contributed by atoms with Crippen LogP contribution in [0.15, 0.2) is 24.3 Å². The molecule has 80 valence electrons. The van der Waals surface area contributed by atoms with Crippen LogP contribution in [-0.4, -0.2) is 0 Å². The summed E-state index contributed by atoms with van der Waals surface area (Å²) >= 11 is 0. The van der Waals surface area contributed by atoms with Crippen molar-refractivity contribution in [3.05, 3.63) is 35.4 Å². The van der Waals surface area contributed by atoms with Crippen molar-refractivity contribution in [2.24, 2.45) is 5.84 Å². The van der Waals surface area contributed by atoms with Crippen LogP contribution < -0.4 is 11.3 Å². The highest BCUT2D eigenvalue weighted by atomic mass is 15.2. The van der Waals surface area contributed by atoms with Crippen LogP contribution >= 0.6 is 0 Å². The van der Waals surface area contributed by atoms with Gasteiger partial charge in [0.1, 0.15) is 0 Å². The van der Waals surface area contributed by atoms with Crippen molar-refractivity contribution in [1.29, 1.82) is 0 Å². The molecule has 2 heteroatoms. The van der Waals surface area contributed by atoms with Gasteiger partial charge in [0.15, 0.2) is 0 Å². The molecule has 0 aliphatic carbocycles. The Labute approximate surface area is 91.8 Å². The molecule has 0 bridgehead atoms. The monoisotopic (exact) mass is 202 g/mol. The maximum absolute atomic E-state index is 5.54. The fourth-order valence-electron chi connectivity index (χ4n) is 1.64. The number of nitrogens with one attached hydrogen (secondary N) is 1. The average Bonchev–Trinajstić information content (AvgIpc) is 2.24. The first-order valence-electron chi connectivity index (χ1n) is 5.24. The number of rotatable bonds is 5. The molecule has 0 heterocycles. The number of hydrazine groups is 1. The first-order valence-corrected chi connectivity index (χ1v) is 5.24. The molecule has 1 aromatic rings. The number of benzene rings is 1. The number of nitrogens with two attached hydrogens (primary N) is 1. The second-order valence-electron chi connectivity index (χ2n) is 3.73. The molecule has 0 aromatic heterocycles. The van der Waals surface area contributed by atoms with Gasteiger partial charge in [0, 0.05) is 12.5 Å². The Hall–Kier alpha value is -1.30. The number of hydrogen-bond donors (Lipinski definition) is 2. The van der Waals surface area contributed by atoms with E-state index in [9.17, 15) is 0 Å². The predicted molar refractivity (Wildman–Crippen MR) is 63.9 cm³/mol. The summed E-state index contributed by atoms with van der Waals surface area (Å²) in [6.07, 6.45) is 8.00. The Balaban J connectivity index is 2.62. The molecule has 0 saturated carbocycles. The van der Waals surface area contributed by atoms with Gasteiger partial charge in [-0.15, -0.1) is 12.3 Å². The molecule has 0 saturated heterocycles. The van der Waals surface area contributed by atoms with E-state index in [0.717, 1.165) is 19.3 Å². The minimum absolute atomic E-state index is 0.207. The normalized spacial score (nSPS) is 12.1. The van der Waals surface area contributed by atoms with E-state index in [0.29, 0.717) is 0 Å². The molecule has 0 amide bonds. The third kappa shape index (κ3) is 3.75. The molecule has 2 nitrogen and oxygen atoms in total. The maximum Gasteiger partial charge on any atom is 0.0460 e. The molecule has 1 atom stereocenters. The number of aryl methyl sites for hydroxylation is 1. The van der Waals surface area contributed by atoms with Gasteiger partial charge < -0.3 is 0 Å². The summed E-state index contributed by atoms with van der Waals surface area (Å²) in [5, 5.41) is 0. The maximum atomic E-state index is 5.54. The average molecular weight is 202 g/mol. The highest BCUT2D eigenvalue weighted by Gasteiger charge is 2.08. The Morgan fingerprint density at radius 1 is 1.53 bits per heavy atom. The summed E-state index contributed by atoms with van der Waals surface area (Å²) in [5.41, 5.74) is 5.32. The van der Waals surface area contributed by atoms with Gasteiger partial charge in [-0.3, -0.25) is 11.3 Å².